The Balaban J connectivity index is 3.23. The first-order chi connectivity index (χ1) is 9.27. The molecule has 21 heavy (non-hydrogen) atoms. The molecule has 8 heteroatoms. The fraction of sp³-hybridized carbons (Fsp3) is 0.538. The van der Waals surface area contributed by atoms with Crippen LogP contribution in [0.15, 0.2) is 18.2 Å². The van der Waals surface area contributed by atoms with E-state index in [0.29, 0.717) is 0 Å². The molecule has 0 aliphatic rings. The molecule has 3 nitrogen and oxygen atoms in total. The first-order valence-electron chi connectivity index (χ1n) is 6.21. The number of aliphatic hydroxyl groups is 1. The average Bonchev–Trinajstić information content (AvgIpc) is 2.24. The Morgan fingerprint density at radius 2 is 1.67 bits per heavy atom. The van der Waals surface area contributed by atoms with Crippen LogP contribution in [0.1, 0.15) is 33.3 Å². The molecule has 0 aliphatic heterocycles. The van der Waals surface area contributed by atoms with E-state index < -0.39 is 35.5 Å². The monoisotopic (exact) mass is 324 g/mol. The Hall–Kier alpha value is -0.755. The molecule has 0 aliphatic carbocycles. The maximum atomic E-state index is 13.0. The van der Waals surface area contributed by atoms with Gasteiger partial charge in [-0.15, -0.1) is 0 Å². The van der Waals surface area contributed by atoms with E-state index in [1.54, 1.807) is 0 Å². The van der Waals surface area contributed by atoms with Crippen molar-refractivity contribution in [3.05, 3.63) is 28.8 Å². The van der Waals surface area contributed by atoms with Gasteiger partial charge in [0.05, 0.1) is 16.8 Å². The fourth-order valence-electron chi connectivity index (χ4n) is 1.52. The minimum absolute atomic E-state index is 0.260. The smallest absolute Gasteiger partial charge is 0.423 e. The van der Waals surface area contributed by atoms with Crippen molar-refractivity contribution in [3.63, 3.8) is 0 Å². The van der Waals surface area contributed by atoms with Crippen LogP contribution in [-0.4, -0.2) is 28.5 Å². The van der Waals surface area contributed by atoms with Gasteiger partial charge in [0, 0.05) is 10.5 Å². The molecule has 0 amide bonds. The normalized spacial score (nSPS) is 13.4. The predicted molar refractivity (Wildman–Crippen MR) is 75.5 cm³/mol. The average molecular weight is 325 g/mol. The summed E-state index contributed by atoms with van der Waals surface area (Å²) in [7, 11) is -1.92. The Labute approximate surface area is 126 Å². The summed E-state index contributed by atoms with van der Waals surface area (Å²) in [6.07, 6.45) is -4.68. The van der Waals surface area contributed by atoms with Crippen LogP contribution in [0.3, 0.4) is 0 Å². The second-order valence-electron chi connectivity index (χ2n) is 5.74. The molecule has 118 valence electrons. The van der Waals surface area contributed by atoms with Crippen molar-refractivity contribution in [1.29, 1.82) is 0 Å². The second kappa shape index (κ2) is 5.80. The van der Waals surface area contributed by atoms with Crippen LogP contribution >= 0.6 is 11.6 Å². The molecule has 0 radical (unpaired) electrons. The van der Waals surface area contributed by atoms with Crippen molar-refractivity contribution < 1.29 is 28.0 Å². The quantitative estimate of drug-likeness (QED) is 0.837. The van der Waals surface area contributed by atoms with Gasteiger partial charge in [-0.2, -0.15) is 13.2 Å². The predicted octanol–water partition coefficient (Wildman–Crippen LogP) is 2.61. The summed E-state index contributed by atoms with van der Waals surface area (Å²) < 4.78 is 44.2. The van der Waals surface area contributed by atoms with Crippen molar-refractivity contribution in [3.8, 4) is 0 Å². The zero-order valence-electron chi connectivity index (χ0n) is 12.1. The van der Waals surface area contributed by atoms with E-state index >= 15 is 0 Å². The lowest BCUT2D eigenvalue weighted by molar-refractivity contribution is -0.137. The van der Waals surface area contributed by atoms with Crippen molar-refractivity contribution in [1.82, 2.24) is 0 Å². The van der Waals surface area contributed by atoms with Gasteiger partial charge in [0.2, 0.25) is 0 Å². The Morgan fingerprint density at radius 3 is 2.10 bits per heavy atom. The molecular weight excluding hydrogens is 307 g/mol. The van der Waals surface area contributed by atoms with Crippen molar-refractivity contribution in [2.45, 2.75) is 45.1 Å². The Kier molecular flexibility index (Phi) is 5.05. The number of hydrogen-bond acceptors (Lipinski definition) is 3. The second-order valence-corrected chi connectivity index (χ2v) is 6.15. The van der Waals surface area contributed by atoms with Crippen LogP contribution in [0.25, 0.3) is 0 Å². The van der Waals surface area contributed by atoms with Crippen molar-refractivity contribution >= 4 is 24.2 Å². The molecule has 0 bridgehead atoms. The van der Waals surface area contributed by atoms with Gasteiger partial charge in [-0.1, -0.05) is 23.7 Å². The molecular formula is C13H17BClF3O3. The minimum atomic E-state index is -4.68. The molecule has 0 fully saturated rings. The number of halogens is 4. The van der Waals surface area contributed by atoms with Crippen molar-refractivity contribution in [2.75, 3.05) is 0 Å². The molecule has 0 saturated carbocycles. The highest BCUT2D eigenvalue weighted by Gasteiger charge is 2.43. The largest absolute Gasteiger partial charge is 0.493 e. The van der Waals surface area contributed by atoms with Gasteiger partial charge in [0.1, 0.15) is 0 Å². The minimum Gasteiger partial charge on any atom is -0.423 e. The fourth-order valence-corrected chi connectivity index (χ4v) is 1.79. The lowest BCUT2D eigenvalue weighted by Crippen LogP contribution is -2.54. The number of alkyl halides is 3. The zero-order valence-corrected chi connectivity index (χ0v) is 12.9. The molecule has 2 N–H and O–H groups in total. The highest BCUT2D eigenvalue weighted by Crippen LogP contribution is 2.31. The third-order valence-corrected chi connectivity index (χ3v) is 3.81. The van der Waals surface area contributed by atoms with Gasteiger partial charge in [0.15, 0.2) is 0 Å². The van der Waals surface area contributed by atoms with Crippen molar-refractivity contribution in [2.24, 2.45) is 0 Å². The molecule has 0 unspecified atom stereocenters. The van der Waals surface area contributed by atoms with Gasteiger partial charge in [-0.3, -0.25) is 0 Å². The van der Waals surface area contributed by atoms with E-state index in [4.69, 9.17) is 16.3 Å². The van der Waals surface area contributed by atoms with Crippen LogP contribution in [0.4, 0.5) is 13.2 Å². The highest BCUT2D eigenvalue weighted by atomic mass is 35.5. The number of hydrogen-bond donors (Lipinski definition) is 2. The molecule has 1 aromatic carbocycles. The number of benzene rings is 1. The summed E-state index contributed by atoms with van der Waals surface area (Å²) in [5.74, 6) is 0. The van der Waals surface area contributed by atoms with Crippen LogP contribution in [0, 0.1) is 0 Å². The van der Waals surface area contributed by atoms with Crippen LogP contribution in [0.5, 0.6) is 0 Å². The number of rotatable bonds is 4. The van der Waals surface area contributed by atoms with E-state index in [-0.39, 0.29) is 5.02 Å². The van der Waals surface area contributed by atoms with Gasteiger partial charge < -0.3 is 14.8 Å². The molecule has 1 aromatic rings. The summed E-state index contributed by atoms with van der Waals surface area (Å²) in [6.45, 7) is 5.77. The summed E-state index contributed by atoms with van der Waals surface area (Å²) >= 11 is 5.77. The van der Waals surface area contributed by atoms with E-state index in [0.717, 1.165) is 12.1 Å². The molecule has 0 saturated heterocycles. The van der Waals surface area contributed by atoms with Gasteiger partial charge >= 0.3 is 13.3 Å². The first-order valence-corrected chi connectivity index (χ1v) is 6.59. The van der Waals surface area contributed by atoms with E-state index in [2.05, 4.69) is 0 Å². The highest BCUT2D eigenvalue weighted by molar-refractivity contribution is 6.64. The lowest BCUT2D eigenvalue weighted by atomic mass is 9.74. The van der Waals surface area contributed by atoms with Crippen LogP contribution < -0.4 is 5.46 Å². The Bertz CT molecular complexity index is 512. The zero-order chi connectivity index (χ0) is 16.6. The molecule has 1 rings (SSSR count). The molecule has 0 heterocycles. The van der Waals surface area contributed by atoms with Gasteiger partial charge in [-0.25, -0.2) is 0 Å². The third kappa shape index (κ3) is 4.13. The third-order valence-electron chi connectivity index (χ3n) is 3.48. The standard InChI is InChI=1S/C13H17BClF3O3/c1-11(2,19)12(3,4)21-14(20)10-8(13(16,17)18)6-5-7-9(10)15/h5-7,19-20H,1-4H3. The van der Waals surface area contributed by atoms with Gasteiger partial charge in [-0.05, 0) is 33.8 Å². The summed E-state index contributed by atoms with van der Waals surface area (Å²) in [5, 5.41) is 19.7. The summed E-state index contributed by atoms with van der Waals surface area (Å²) in [6, 6.07) is 3.18. The first kappa shape index (κ1) is 18.3. The molecule has 0 aromatic heterocycles. The van der Waals surface area contributed by atoms with Crippen LogP contribution in [0.2, 0.25) is 5.02 Å². The summed E-state index contributed by atoms with van der Waals surface area (Å²) in [5.41, 5.74) is -4.32. The van der Waals surface area contributed by atoms with E-state index in [1.807, 2.05) is 0 Å². The maximum Gasteiger partial charge on any atom is 0.493 e. The topological polar surface area (TPSA) is 49.7 Å². The van der Waals surface area contributed by atoms with E-state index in [1.165, 1.54) is 33.8 Å². The SMILES string of the molecule is CC(C)(O)C(C)(C)OB(O)c1c(Cl)cccc1C(F)(F)F. The molecule has 0 spiro atoms. The molecule has 0 atom stereocenters. The van der Waals surface area contributed by atoms with Gasteiger partial charge in [0.25, 0.3) is 0 Å². The Morgan fingerprint density at radius 1 is 1.14 bits per heavy atom. The van der Waals surface area contributed by atoms with Crippen LogP contribution in [-0.2, 0) is 10.8 Å². The summed E-state index contributed by atoms with van der Waals surface area (Å²) in [4.78, 5) is 0. The van der Waals surface area contributed by atoms with E-state index in [9.17, 15) is 23.3 Å². The maximum absolute atomic E-state index is 13.0. The lowest BCUT2D eigenvalue weighted by Gasteiger charge is -2.38.